The molecule has 0 spiro atoms. The Labute approximate surface area is 114 Å². The van der Waals surface area contributed by atoms with Gasteiger partial charge < -0.3 is 10.4 Å². The topological polar surface area (TPSA) is 79.5 Å². The fourth-order valence-corrected chi connectivity index (χ4v) is 1.87. The zero-order valence-electron chi connectivity index (χ0n) is 10.5. The molecule has 0 unspecified atom stereocenters. The molecule has 100 valence electrons. The molecule has 6 heteroatoms. The lowest BCUT2D eigenvalue weighted by Gasteiger charge is -2.05. The number of carbonyl (C=O) groups is 1. The first-order chi connectivity index (χ1) is 9.72. The molecule has 3 rings (SSSR count). The van der Waals surface area contributed by atoms with E-state index in [1.165, 1.54) is 10.7 Å². The minimum atomic E-state index is -1.06. The number of carboxylic acid groups (broad SMARTS) is 1. The van der Waals surface area contributed by atoms with Crippen molar-refractivity contribution in [1.29, 1.82) is 0 Å². The third-order valence-corrected chi connectivity index (χ3v) is 2.86. The van der Waals surface area contributed by atoms with Crippen molar-refractivity contribution >= 4 is 17.4 Å². The van der Waals surface area contributed by atoms with Crippen LogP contribution in [0, 0.1) is 0 Å². The van der Waals surface area contributed by atoms with Gasteiger partial charge in [0.05, 0.1) is 6.20 Å². The molecule has 0 atom stereocenters. The van der Waals surface area contributed by atoms with Crippen LogP contribution in [0.15, 0.2) is 48.7 Å². The molecule has 0 aliphatic rings. The Bertz CT molecular complexity index is 752. The quantitative estimate of drug-likeness (QED) is 0.757. The van der Waals surface area contributed by atoms with Crippen LogP contribution in [-0.4, -0.2) is 25.7 Å². The third-order valence-electron chi connectivity index (χ3n) is 2.86. The van der Waals surface area contributed by atoms with Gasteiger partial charge in [-0.05, 0) is 17.7 Å². The van der Waals surface area contributed by atoms with Gasteiger partial charge in [-0.15, -0.1) is 5.10 Å². The molecular weight excluding hydrogens is 256 g/mol. The predicted octanol–water partition coefficient (Wildman–Crippen LogP) is 2.04. The predicted molar refractivity (Wildman–Crippen MR) is 73.7 cm³/mol. The van der Waals surface area contributed by atoms with E-state index in [2.05, 4.69) is 15.4 Å². The Balaban J connectivity index is 1.80. The molecule has 2 aromatic heterocycles. The van der Waals surface area contributed by atoms with Crippen molar-refractivity contribution in [3.05, 3.63) is 59.9 Å². The number of fused-ring (bicyclic) bond motifs is 1. The van der Waals surface area contributed by atoms with E-state index in [1.807, 2.05) is 30.3 Å². The molecule has 0 bridgehead atoms. The van der Waals surface area contributed by atoms with E-state index >= 15 is 0 Å². The van der Waals surface area contributed by atoms with Gasteiger partial charge in [0.1, 0.15) is 5.82 Å². The summed E-state index contributed by atoms with van der Waals surface area (Å²) < 4.78 is 1.46. The monoisotopic (exact) mass is 268 g/mol. The van der Waals surface area contributed by atoms with Gasteiger partial charge in [0.2, 0.25) is 0 Å². The van der Waals surface area contributed by atoms with Crippen molar-refractivity contribution in [3.8, 4) is 0 Å². The molecule has 1 aromatic carbocycles. The standard InChI is InChI=1S/C14H12N4O2/c19-14(20)11-9-18-13(16-11)7-6-12(17-18)15-8-10-4-2-1-3-5-10/h1-7,9H,8H2,(H,15,17)(H,19,20). The molecule has 0 aliphatic heterocycles. The number of anilines is 1. The molecule has 3 aromatic rings. The first-order valence-electron chi connectivity index (χ1n) is 6.10. The number of rotatable bonds is 4. The smallest absolute Gasteiger partial charge is 0.356 e. The summed E-state index contributed by atoms with van der Waals surface area (Å²) in [6, 6.07) is 13.5. The van der Waals surface area contributed by atoms with Crippen LogP contribution in [0.4, 0.5) is 5.82 Å². The second kappa shape index (κ2) is 5.00. The second-order valence-corrected chi connectivity index (χ2v) is 4.29. The van der Waals surface area contributed by atoms with Crippen LogP contribution in [0.3, 0.4) is 0 Å². The highest BCUT2D eigenvalue weighted by atomic mass is 16.4. The summed E-state index contributed by atoms with van der Waals surface area (Å²) in [5.74, 6) is -0.398. The number of nitrogens with one attached hydrogen (secondary N) is 1. The van der Waals surface area contributed by atoms with Gasteiger partial charge >= 0.3 is 5.97 Å². The number of imidazole rings is 1. The molecule has 2 N–H and O–H groups in total. The summed E-state index contributed by atoms with van der Waals surface area (Å²) >= 11 is 0. The Kier molecular flexibility index (Phi) is 3.04. The summed E-state index contributed by atoms with van der Waals surface area (Å²) in [6.45, 7) is 0.653. The highest BCUT2D eigenvalue weighted by Gasteiger charge is 2.09. The maximum absolute atomic E-state index is 10.8. The molecule has 6 nitrogen and oxygen atoms in total. The Hall–Kier alpha value is -2.89. The summed E-state index contributed by atoms with van der Waals surface area (Å²) in [7, 11) is 0. The van der Waals surface area contributed by atoms with Crippen LogP contribution in [0.2, 0.25) is 0 Å². The van der Waals surface area contributed by atoms with Crippen LogP contribution in [0.5, 0.6) is 0 Å². The van der Waals surface area contributed by atoms with Crippen molar-refractivity contribution in [2.75, 3.05) is 5.32 Å². The van der Waals surface area contributed by atoms with Crippen LogP contribution in [0.25, 0.3) is 5.65 Å². The summed E-state index contributed by atoms with van der Waals surface area (Å²) in [5.41, 5.74) is 1.64. The van der Waals surface area contributed by atoms with Gasteiger partial charge in [0.25, 0.3) is 0 Å². The SMILES string of the molecule is O=C(O)c1cn2nc(NCc3ccccc3)ccc2n1. The largest absolute Gasteiger partial charge is 0.476 e. The lowest BCUT2D eigenvalue weighted by Crippen LogP contribution is -2.03. The van der Waals surface area contributed by atoms with Gasteiger partial charge in [-0.3, -0.25) is 0 Å². The van der Waals surface area contributed by atoms with E-state index < -0.39 is 5.97 Å². The highest BCUT2D eigenvalue weighted by molar-refractivity contribution is 5.86. The van der Waals surface area contributed by atoms with E-state index in [1.54, 1.807) is 12.1 Å². The van der Waals surface area contributed by atoms with Crippen molar-refractivity contribution in [2.24, 2.45) is 0 Å². The Morgan fingerprint density at radius 1 is 1.20 bits per heavy atom. The molecule has 0 fully saturated rings. The van der Waals surface area contributed by atoms with Crippen molar-refractivity contribution in [1.82, 2.24) is 14.6 Å². The number of aromatic nitrogens is 3. The van der Waals surface area contributed by atoms with E-state index in [0.717, 1.165) is 5.56 Å². The van der Waals surface area contributed by atoms with E-state index in [4.69, 9.17) is 5.11 Å². The van der Waals surface area contributed by atoms with Gasteiger partial charge in [0.15, 0.2) is 11.3 Å². The number of hydrogen-bond acceptors (Lipinski definition) is 4. The number of hydrogen-bond donors (Lipinski definition) is 2. The fourth-order valence-electron chi connectivity index (χ4n) is 1.87. The maximum Gasteiger partial charge on any atom is 0.356 e. The van der Waals surface area contributed by atoms with Crippen molar-refractivity contribution < 1.29 is 9.90 Å². The lowest BCUT2D eigenvalue weighted by molar-refractivity contribution is 0.0691. The first kappa shape index (κ1) is 12.2. The average Bonchev–Trinajstić information content (AvgIpc) is 2.89. The molecule has 2 heterocycles. The molecule has 0 radical (unpaired) electrons. The van der Waals surface area contributed by atoms with Crippen molar-refractivity contribution in [2.45, 2.75) is 6.54 Å². The minimum absolute atomic E-state index is 0.0160. The first-order valence-corrected chi connectivity index (χ1v) is 6.10. The number of benzene rings is 1. The number of carboxylic acids is 1. The van der Waals surface area contributed by atoms with E-state index in [0.29, 0.717) is 18.0 Å². The molecule has 20 heavy (non-hydrogen) atoms. The van der Waals surface area contributed by atoms with Gasteiger partial charge in [-0.2, -0.15) is 0 Å². The van der Waals surface area contributed by atoms with Crippen molar-refractivity contribution in [3.63, 3.8) is 0 Å². The minimum Gasteiger partial charge on any atom is -0.476 e. The van der Waals surface area contributed by atoms with Crippen LogP contribution in [0.1, 0.15) is 16.1 Å². The zero-order chi connectivity index (χ0) is 13.9. The third kappa shape index (κ3) is 2.44. The van der Waals surface area contributed by atoms with Gasteiger partial charge in [0, 0.05) is 6.54 Å². The highest BCUT2D eigenvalue weighted by Crippen LogP contribution is 2.09. The summed E-state index contributed by atoms with van der Waals surface area (Å²) in [6.07, 6.45) is 1.39. The zero-order valence-corrected chi connectivity index (χ0v) is 10.5. The lowest BCUT2D eigenvalue weighted by atomic mass is 10.2. The van der Waals surface area contributed by atoms with E-state index in [9.17, 15) is 4.79 Å². The maximum atomic E-state index is 10.8. The van der Waals surface area contributed by atoms with Crippen LogP contribution < -0.4 is 5.32 Å². The fraction of sp³-hybridized carbons (Fsp3) is 0.0714. The Morgan fingerprint density at radius 3 is 2.75 bits per heavy atom. The van der Waals surface area contributed by atoms with Gasteiger partial charge in [-0.1, -0.05) is 30.3 Å². The molecule has 0 aliphatic carbocycles. The van der Waals surface area contributed by atoms with E-state index in [-0.39, 0.29) is 5.69 Å². The Morgan fingerprint density at radius 2 is 2.00 bits per heavy atom. The molecule has 0 saturated carbocycles. The number of aromatic carboxylic acids is 1. The molecule has 0 saturated heterocycles. The molecule has 0 amide bonds. The number of nitrogens with zero attached hydrogens (tertiary/aromatic N) is 3. The normalized spacial score (nSPS) is 10.6. The van der Waals surface area contributed by atoms with Crippen LogP contribution >= 0.6 is 0 Å². The van der Waals surface area contributed by atoms with Crippen LogP contribution in [-0.2, 0) is 6.54 Å². The summed E-state index contributed by atoms with van der Waals surface area (Å²) in [5, 5.41) is 16.3. The van der Waals surface area contributed by atoms with Gasteiger partial charge in [-0.25, -0.2) is 14.3 Å². The average molecular weight is 268 g/mol. The molecular formula is C14H12N4O2. The second-order valence-electron chi connectivity index (χ2n) is 4.29. The summed E-state index contributed by atoms with van der Waals surface area (Å²) in [4.78, 5) is 14.8.